The summed E-state index contributed by atoms with van der Waals surface area (Å²) >= 11 is 18.5. The quantitative estimate of drug-likeness (QED) is 0.208. The fourth-order valence-electron chi connectivity index (χ4n) is 3.63. The Labute approximate surface area is 231 Å². The van der Waals surface area contributed by atoms with Crippen LogP contribution in [0.15, 0.2) is 60.7 Å². The number of unbranched alkanes of at least 4 members (excludes halogenated alkanes) is 1. The van der Waals surface area contributed by atoms with Crippen molar-refractivity contribution in [3.63, 3.8) is 0 Å². The zero-order chi connectivity index (χ0) is 26.9. The second-order valence-electron chi connectivity index (χ2n) is 8.43. The van der Waals surface area contributed by atoms with E-state index in [2.05, 4.69) is 10.6 Å². The smallest absolute Gasteiger partial charge is 0.328 e. The van der Waals surface area contributed by atoms with Gasteiger partial charge in [-0.15, -0.1) is 0 Å². The van der Waals surface area contributed by atoms with E-state index in [1.54, 1.807) is 67.6 Å². The van der Waals surface area contributed by atoms with Gasteiger partial charge in [0.15, 0.2) is 0 Å². The van der Waals surface area contributed by atoms with E-state index in [0.717, 1.165) is 18.4 Å². The topological polar surface area (TPSA) is 84.5 Å². The first kappa shape index (κ1) is 28.5. The molecule has 0 aliphatic rings. The molecule has 3 aromatic carbocycles. The SMILES string of the molecule is CCCCOC(=O)C(Cc1ccc(NC(=O)c2c(Cl)cccc2Cl)cc1)NC(=O)c1c(C)cccc1Cl. The van der Waals surface area contributed by atoms with Gasteiger partial charge in [-0.3, -0.25) is 9.59 Å². The standard InChI is InChI=1S/C28H27Cl3N2O4/c1-3-4-15-37-28(36)23(33-26(34)24-17(2)7-5-8-20(24)29)16-18-11-13-19(14-12-18)32-27(35)25-21(30)9-6-10-22(25)31/h5-14,23H,3-4,15-16H2,1-2H3,(H,32,35)(H,33,34). The predicted octanol–water partition coefficient (Wildman–Crippen LogP) is 6.89. The monoisotopic (exact) mass is 560 g/mol. The van der Waals surface area contributed by atoms with E-state index < -0.39 is 23.8 Å². The highest BCUT2D eigenvalue weighted by atomic mass is 35.5. The number of carbonyl (C=O) groups is 3. The molecule has 0 aliphatic heterocycles. The zero-order valence-corrected chi connectivity index (χ0v) is 22.7. The molecule has 3 aromatic rings. The first-order valence-electron chi connectivity index (χ1n) is 11.8. The summed E-state index contributed by atoms with van der Waals surface area (Å²) in [7, 11) is 0. The van der Waals surface area contributed by atoms with Gasteiger partial charge in [-0.2, -0.15) is 0 Å². The molecule has 0 aromatic heterocycles. The highest BCUT2D eigenvalue weighted by molar-refractivity contribution is 6.40. The Balaban J connectivity index is 1.75. The van der Waals surface area contributed by atoms with Crippen molar-refractivity contribution in [3.8, 4) is 0 Å². The molecule has 0 saturated carbocycles. The molecule has 0 heterocycles. The molecule has 37 heavy (non-hydrogen) atoms. The van der Waals surface area contributed by atoms with Gasteiger partial charge in [0.2, 0.25) is 0 Å². The summed E-state index contributed by atoms with van der Waals surface area (Å²) in [5.74, 6) is -1.43. The van der Waals surface area contributed by atoms with Crippen molar-refractivity contribution in [2.45, 2.75) is 39.2 Å². The molecule has 6 nitrogen and oxygen atoms in total. The van der Waals surface area contributed by atoms with Crippen LogP contribution in [-0.4, -0.2) is 30.4 Å². The van der Waals surface area contributed by atoms with Crippen LogP contribution in [0.3, 0.4) is 0 Å². The summed E-state index contributed by atoms with van der Waals surface area (Å²) < 4.78 is 5.39. The van der Waals surface area contributed by atoms with Gasteiger partial charge in [0.1, 0.15) is 6.04 Å². The van der Waals surface area contributed by atoms with Crippen molar-refractivity contribution in [2.24, 2.45) is 0 Å². The number of anilines is 1. The van der Waals surface area contributed by atoms with Crippen LogP contribution >= 0.6 is 34.8 Å². The Morgan fingerprint density at radius 3 is 2.03 bits per heavy atom. The number of esters is 1. The number of halogens is 3. The van der Waals surface area contributed by atoms with Gasteiger partial charge >= 0.3 is 5.97 Å². The van der Waals surface area contributed by atoms with Crippen LogP contribution in [0.1, 0.15) is 51.6 Å². The van der Waals surface area contributed by atoms with Crippen LogP contribution in [0.2, 0.25) is 15.1 Å². The molecule has 0 spiro atoms. The number of rotatable bonds is 10. The summed E-state index contributed by atoms with van der Waals surface area (Å²) in [6.45, 7) is 4.04. The van der Waals surface area contributed by atoms with Gasteiger partial charge in [-0.1, -0.05) is 78.5 Å². The highest BCUT2D eigenvalue weighted by Crippen LogP contribution is 2.25. The van der Waals surface area contributed by atoms with E-state index >= 15 is 0 Å². The second-order valence-corrected chi connectivity index (χ2v) is 9.65. The molecule has 1 atom stereocenters. The van der Waals surface area contributed by atoms with E-state index in [4.69, 9.17) is 39.5 Å². The summed E-state index contributed by atoms with van der Waals surface area (Å²) in [6.07, 6.45) is 1.78. The molecular weight excluding hydrogens is 535 g/mol. The van der Waals surface area contributed by atoms with Crippen molar-refractivity contribution in [1.29, 1.82) is 0 Å². The normalized spacial score (nSPS) is 11.5. The van der Waals surface area contributed by atoms with Gasteiger partial charge in [0.25, 0.3) is 11.8 Å². The lowest BCUT2D eigenvalue weighted by Crippen LogP contribution is -2.43. The first-order chi connectivity index (χ1) is 17.7. The Bertz CT molecular complexity index is 1240. The van der Waals surface area contributed by atoms with E-state index in [9.17, 15) is 14.4 Å². The average Bonchev–Trinajstić information content (AvgIpc) is 2.84. The minimum Gasteiger partial charge on any atom is -0.464 e. The molecule has 0 radical (unpaired) electrons. The van der Waals surface area contributed by atoms with Gasteiger partial charge in [-0.25, -0.2) is 4.79 Å². The number of aryl methyl sites for hydroxylation is 1. The Kier molecular flexibility index (Phi) is 10.4. The van der Waals surface area contributed by atoms with Crippen molar-refractivity contribution in [1.82, 2.24) is 5.32 Å². The van der Waals surface area contributed by atoms with E-state index in [-0.39, 0.29) is 28.6 Å². The number of hydrogen-bond acceptors (Lipinski definition) is 4. The minimum absolute atomic E-state index is 0.183. The summed E-state index contributed by atoms with van der Waals surface area (Å²) in [6, 6.07) is 16.0. The third kappa shape index (κ3) is 7.71. The molecule has 2 N–H and O–H groups in total. The molecule has 3 rings (SSSR count). The van der Waals surface area contributed by atoms with Crippen LogP contribution in [0.25, 0.3) is 0 Å². The number of nitrogens with one attached hydrogen (secondary N) is 2. The van der Waals surface area contributed by atoms with E-state index in [1.807, 2.05) is 6.92 Å². The lowest BCUT2D eigenvalue weighted by atomic mass is 10.0. The number of hydrogen-bond donors (Lipinski definition) is 2. The van der Waals surface area contributed by atoms with Gasteiger partial charge in [0, 0.05) is 12.1 Å². The first-order valence-corrected chi connectivity index (χ1v) is 12.9. The number of carbonyl (C=O) groups excluding carboxylic acids is 3. The lowest BCUT2D eigenvalue weighted by Gasteiger charge is -2.19. The summed E-state index contributed by atoms with van der Waals surface area (Å²) in [5, 5.41) is 6.33. The molecule has 0 fully saturated rings. The van der Waals surface area contributed by atoms with Crippen LogP contribution < -0.4 is 10.6 Å². The van der Waals surface area contributed by atoms with Gasteiger partial charge in [0.05, 0.1) is 32.8 Å². The number of amides is 2. The van der Waals surface area contributed by atoms with E-state index in [0.29, 0.717) is 21.8 Å². The third-order valence-corrected chi connectivity index (χ3v) is 6.57. The molecule has 1 unspecified atom stereocenters. The maximum absolute atomic E-state index is 13.0. The summed E-state index contributed by atoms with van der Waals surface area (Å²) in [4.78, 5) is 38.5. The molecule has 0 aliphatic carbocycles. The van der Waals surface area contributed by atoms with Gasteiger partial charge < -0.3 is 15.4 Å². The average molecular weight is 562 g/mol. The Morgan fingerprint density at radius 2 is 1.43 bits per heavy atom. The van der Waals surface area contributed by atoms with Crippen molar-refractivity contribution in [3.05, 3.63) is 98.0 Å². The Morgan fingerprint density at radius 1 is 0.838 bits per heavy atom. The highest BCUT2D eigenvalue weighted by Gasteiger charge is 2.25. The van der Waals surface area contributed by atoms with Crippen LogP contribution in [0.4, 0.5) is 5.69 Å². The Hall–Kier alpha value is -3.06. The molecular formula is C28H27Cl3N2O4. The van der Waals surface area contributed by atoms with Crippen molar-refractivity contribution >= 4 is 58.3 Å². The maximum Gasteiger partial charge on any atom is 0.328 e. The van der Waals surface area contributed by atoms with Crippen molar-refractivity contribution in [2.75, 3.05) is 11.9 Å². The van der Waals surface area contributed by atoms with Crippen LogP contribution in [0, 0.1) is 6.92 Å². The maximum atomic E-state index is 13.0. The van der Waals surface area contributed by atoms with Crippen molar-refractivity contribution < 1.29 is 19.1 Å². The molecule has 194 valence electrons. The molecule has 0 saturated heterocycles. The van der Waals surface area contributed by atoms with Gasteiger partial charge in [-0.05, 0) is 54.8 Å². The second kappa shape index (κ2) is 13.5. The minimum atomic E-state index is -0.928. The van der Waals surface area contributed by atoms with Crippen LogP contribution in [-0.2, 0) is 16.0 Å². The van der Waals surface area contributed by atoms with Crippen LogP contribution in [0.5, 0.6) is 0 Å². The third-order valence-electron chi connectivity index (χ3n) is 5.62. The number of ether oxygens (including phenoxy) is 1. The fraction of sp³-hybridized carbons (Fsp3) is 0.250. The molecule has 0 bridgehead atoms. The fourth-order valence-corrected chi connectivity index (χ4v) is 4.51. The van der Waals surface area contributed by atoms with E-state index in [1.165, 1.54) is 0 Å². The molecule has 9 heteroatoms. The molecule has 2 amide bonds. The zero-order valence-electron chi connectivity index (χ0n) is 20.4. The number of benzene rings is 3. The largest absolute Gasteiger partial charge is 0.464 e. The predicted molar refractivity (Wildman–Crippen MR) is 148 cm³/mol. The summed E-state index contributed by atoms with van der Waals surface area (Å²) in [5.41, 5.74) is 2.46. The lowest BCUT2D eigenvalue weighted by molar-refractivity contribution is -0.146.